The number of amides is 3. The molecule has 7 nitrogen and oxygen atoms in total. The Bertz CT molecular complexity index is 1050. The van der Waals surface area contributed by atoms with E-state index in [1.54, 1.807) is 60.5 Å². The second-order valence-corrected chi connectivity index (χ2v) is 6.62. The Balaban J connectivity index is 1.56. The smallest absolute Gasteiger partial charge is 0.258 e. The lowest BCUT2D eigenvalue weighted by Gasteiger charge is -2.17. The second kappa shape index (κ2) is 9.38. The van der Waals surface area contributed by atoms with E-state index in [9.17, 15) is 14.4 Å². The average Bonchev–Trinajstić information content (AvgIpc) is 2.78. The minimum absolute atomic E-state index is 0.0135. The van der Waals surface area contributed by atoms with E-state index in [2.05, 4.69) is 10.6 Å². The van der Waals surface area contributed by atoms with Gasteiger partial charge in [-0.15, -0.1) is 0 Å². The Kier molecular flexibility index (Phi) is 6.44. The summed E-state index contributed by atoms with van der Waals surface area (Å²) < 4.78 is 0. The molecule has 0 radical (unpaired) electrons. The molecule has 0 bridgehead atoms. The van der Waals surface area contributed by atoms with Crippen LogP contribution in [0.25, 0.3) is 0 Å². The van der Waals surface area contributed by atoms with Crippen LogP contribution in [-0.2, 0) is 4.79 Å². The molecule has 0 saturated carbocycles. The third-order valence-corrected chi connectivity index (χ3v) is 4.46. The van der Waals surface area contributed by atoms with Crippen LogP contribution in [0, 0.1) is 0 Å². The zero-order valence-electron chi connectivity index (χ0n) is 16.5. The van der Waals surface area contributed by atoms with Gasteiger partial charge in [-0.3, -0.25) is 14.4 Å². The molecule has 0 fully saturated rings. The molecule has 0 aromatic heterocycles. The number of carbonyl (C=O) groups is 3. The first kappa shape index (κ1) is 20.6. The van der Waals surface area contributed by atoms with E-state index in [-0.39, 0.29) is 18.4 Å². The summed E-state index contributed by atoms with van der Waals surface area (Å²) in [6, 6.07) is 22.7. The lowest BCUT2D eigenvalue weighted by Crippen LogP contribution is -2.26. The molecule has 0 aliphatic rings. The standard InChI is InChI=1S/C23H22N4O3/c1-27(20-8-3-2-4-9-20)23(30)16-10-12-18(13-11-16)26-21(28)15-25-19-7-5-6-17(14-19)22(24)29/h2-14,25H,15H2,1H3,(H2,24,29)(H,26,28). The van der Waals surface area contributed by atoms with Crippen molar-refractivity contribution in [2.75, 3.05) is 29.1 Å². The summed E-state index contributed by atoms with van der Waals surface area (Å²) in [6.07, 6.45) is 0. The fraction of sp³-hybridized carbons (Fsp3) is 0.0870. The monoisotopic (exact) mass is 402 g/mol. The van der Waals surface area contributed by atoms with Gasteiger partial charge < -0.3 is 21.3 Å². The highest BCUT2D eigenvalue weighted by Gasteiger charge is 2.13. The molecule has 3 aromatic rings. The summed E-state index contributed by atoms with van der Waals surface area (Å²) in [7, 11) is 1.71. The molecule has 3 amide bonds. The number of hydrogen-bond donors (Lipinski definition) is 3. The van der Waals surface area contributed by atoms with E-state index in [1.165, 1.54) is 0 Å². The van der Waals surface area contributed by atoms with Crippen LogP contribution in [0.4, 0.5) is 17.1 Å². The molecule has 4 N–H and O–H groups in total. The SMILES string of the molecule is CN(C(=O)c1ccc(NC(=O)CNc2cccc(C(N)=O)c2)cc1)c1ccccc1. The van der Waals surface area contributed by atoms with Crippen molar-refractivity contribution in [1.82, 2.24) is 0 Å². The lowest BCUT2D eigenvalue weighted by molar-refractivity contribution is -0.114. The zero-order valence-corrected chi connectivity index (χ0v) is 16.5. The van der Waals surface area contributed by atoms with Gasteiger partial charge in [-0.1, -0.05) is 24.3 Å². The quantitative estimate of drug-likeness (QED) is 0.565. The molecule has 0 spiro atoms. The van der Waals surface area contributed by atoms with Crippen molar-refractivity contribution in [3.8, 4) is 0 Å². The molecule has 30 heavy (non-hydrogen) atoms. The van der Waals surface area contributed by atoms with Crippen LogP contribution < -0.4 is 21.3 Å². The molecule has 0 unspecified atom stereocenters. The molecule has 0 aliphatic carbocycles. The van der Waals surface area contributed by atoms with E-state index in [1.807, 2.05) is 30.3 Å². The van der Waals surface area contributed by atoms with E-state index < -0.39 is 5.91 Å². The molecule has 7 heteroatoms. The van der Waals surface area contributed by atoms with Crippen molar-refractivity contribution in [2.24, 2.45) is 5.73 Å². The van der Waals surface area contributed by atoms with Crippen LogP contribution in [0.15, 0.2) is 78.9 Å². The summed E-state index contributed by atoms with van der Waals surface area (Å²) in [6.45, 7) is 0.0135. The number of primary amides is 1. The van der Waals surface area contributed by atoms with Crippen molar-refractivity contribution < 1.29 is 14.4 Å². The minimum Gasteiger partial charge on any atom is -0.376 e. The zero-order chi connectivity index (χ0) is 21.5. The maximum Gasteiger partial charge on any atom is 0.258 e. The molecular formula is C23H22N4O3. The van der Waals surface area contributed by atoms with Gasteiger partial charge in [0.15, 0.2) is 0 Å². The molecule has 3 aromatic carbocycles. The molecule has 152 valence electrons. The maximum absolute atomic E-state index is 12.6. The van der Waals surface area contributed by atoms with Crippen LogP contribution >= 0.6 is 0 Å². The predicted molar refractivity (Wildman–Crippen MR) is 118 cm³/mol. The van der Waals surface area contributed by atoms with Gasteiger partial charge in [0, 0.05) is 35.2 Å². The van der Waals surface area contributed by atoms with E-state index in [4.69, 9.17) is 5.73 Å². The fourth-order valence-electron chi connectivity index (χ4n) is 2.83. The average molecular weight is 402 g/mol. The first-order chi connectivity index (χ1) is 14.4. The lowest BCUT2D eigenvalue weighted by atomic mass is 10.1. The fourth-order valence-corrected chi connectivity index (χ4v) is 2.83. The highest BCUT2D eigenvalue weighted by Crippen LogP contribution is 2.17. The number of nitrogens with two attached hydrogens (primary N) is 1. The van der Waals surface area contributed by atoms with E-state index in [0.29, 0.717) is 22.5 Å². The van der Waals surface area contributed by atoms with Crippen LogP contribution in [0.5, 0.6) is 0 Å². The van der Waals surface area contributed by atoms with E-state index >= 15 is 0 Å². The first-order valence-electron chi connectivity index (χ1n) is 9.31. The van der Waals surface area contributed by atoms with E-state index in [0.717, 1.165) is 5.69 Å². The Labute approximate surface area is 174 Å². The molecule has 0 heterocycles. The van der Waals surface area contributed by atoms with Gasteiger partial charge in [0.05, 0.1) is 6.54 Å². The summed E-state index contributed by atoms with van der Waals surface area (Å²) in [5.74, 6) is -0.939. The van der Waals surface area contributed by atoms with Gasteiger partial charge in [0.2, 0.25) is 11.8 Å². The number of carbonyl (C=O) groups excluding carboxylic acids is 3. The molecule has 3 rings (SSSR count). The van der Waals surface area contributed by atoms with Crippen molar-refractivity contribution in [1.29, 1.82) is 0 Å². The Morgan fingerprint density at radius 3 is 2.20 bits per heavy atom. The van der Waals surface area contributed by atoms with Crippen LogP contribution in [0.2, 0.25) is 0 Å². The van der Waals surface area contributed by atoms with Crippen molar-refractivity contribution in [3.63, 3.8) is 0 Å². The molecule has 0 saturated heterocycles. The summed E-state index contributed by atoms with van der Waals surface area (Å²) in [4.78, 5) is 37.6. The van der Waals surface area contributed by atoms with Crippen LogP contribution in [0.3, 0.4) is 0 Å². The number of rotatable bonds is 7. The van der Waals surface area contributed by atoms with Crippen molar-refractivity contribution in [3.05, 3.63) is 90.0 Å². The van der Waals surface area contributed by atoms with Gasteiger partial charge in [0.1, 0.15) is 0 Å². The highest BCUT2D eigenvalue weighted by molar-refractivity contribution is 6.06. The largest absolute Gasteiger partial charge is 0.376 e. The van der Waals surface area contributed by atoms with Gasteiger partial charge in [-0.05, 0) is 54.6 Å². The normalized spacial score (nSPS) is 10.2. The van der Waals surface area contributed by atoms with Gasteiger partial charge in [0.25, 0.3) is 5.91 Å². The molecule has 0 atom stereocenters. The Morgan fingerprint density at radius 1 is 0.833 bits per heavy atom. The number of para-hydroxylation sites is 1. The van der Waals surface area contributed by atoms with Crippen molar-refractivity contribution in [2.45, 2.75) is 0 Å². The number of nitrogens with one attached hydrogen (secondary N) is 2. The van der Waals surface area contributed by atoms with Crippen molar-refractivity contribution >= 4 is 34.8 Å². The molecular weight excluding hydrogens is 380 g/mol. The summed E-state index contributed by atoms with van der Waals surface area (Å²) >= 11 is 0. The highest BCUT2D eigenvalue weighted by atomic mass is 16.2. The second-order valence-electron chi connectivity index (χ2n) is 6.62. The summed E-state index contributed by atoms with van der Waals surface area (Å²) in [5.41, 5.74) is 8.12. The van der Waals surface area contributed by atoms with Gasteiger partial charge >= 0.3 is 0 Å². The third kappa shape index (κ3) is 5.23. The Hall–Kier alpha value is -4.13. The Morgan fingerprint density at radius 2 is 1.53 bits per heavy atom. The maximum atomic E-state index is 12.6. The van der Waals surface area contributed by atoms with Crippen LogP contribution in [0.1, 0.15) is 20.7 Å². The number of hydrogen-bond acceptors (Lipinski definition) is 4. The first-order valence-corrected chi connectivity index (χ1v) is 9.31. The summed E-state index contributed by atoms with van der Waals surface area (Å²) in [5, 5.41) is 5.70. The minimum atomic E-state index is -0.532. The van der Waals surface area contributed by atoms with Gasteiger partial charge in [-0.2, -0.15) is 0 Å². The number of nitrogens with zero attached hydrogens (tertiary/aromatic N) is 1. The van der Waals surface area contributed by atoms with Gasteiger partial charge in [-0.25, -0.2) is 0 Å². The number of anilines is 3. The van der Waals surface area contributed by atoms with Crippen LogP contribution in [-0.4, -0.2) is 31.3 Å². The number of benzene rings is 3. The molecule has 0 aliphatic heterocycles. The predicted octanol–water partition coefficient (Wildman–Crippen LogP) is 3.11. The third-order valence-electron chi connectivity index (χ3n) is 4.46. The topological polar surface area (TPSA) is 105 Å².